The molecule has 0 saturated heterocycles. The quantitative estimate of drug-likeness (QED) is 0.604. The summed E-state index contributed by atoms with van der Waals surface area (Å²) < 4.78 is 0. The maximum atomic E-state index is 12.3. The second-order valence-corrected chi connectivity index (χ2v) is 6.40. The van der Waals surface area contributed by atoms with Gasteiger partial charge in [-0.2, -0.15) is 17.0 Å². The lowest BCUT2D eigenvalue weighted by molar-refractivity contribution is -0.122. The molecule has 1 aromatic heterocycles. The summed E-state index contributed by atoms with van der Waals surface area (Å²) in [6.07, 6.45) is 1.35. The number of hydrogen-bond donors (Lipinski definition) is 3. The van der Waals surface area contributed by atoms with Crippen molar-refractivity contribution in [3.05, 3.63) is 59.8 Å². The van der Waals surface area contributed by atoms with E-state index >= 15 is 0 Å². The molecule has 0 bridgehead atoms. The number of carbonyl (C=O) groups is 2. The number of thioether (sulfide) groups is 1. The zero-order valence-corrected chi connectivity index (χ0v) is 14.8. The van der Waals surface area contributed by atoms with E-state index < -0.39 is 17.9 Å². The van der Waals surface area contributed by atoms with Gasteiger partial charge < -0.3 is 16.4 Å². The van der Waals surface area contributed by atoms with Crippen LogP contribution in [0.3, 0.4) is 0 Å². The molecule has 0 aliphatic carbocycles. The number of anilines is 1. The van der Waals surface area contributed by atoms with E-state index in [1.165, 1.54) is 24.0 Å². The number of nitrogens with one attached hydrogen (secondary N) is 2. The van der Waals surface area contributed by atoms with Crippen molar-refractivity contribution in [3.63, 3.8) is 0 Å². The Balaban J connectivity index is 1.98. The number of benzene rings is 1. The van der Waals surface area contributed by atoms with Crippen LogP contribution in [-0.4, -0.2) is 35.1 Å². The number of hydrogen-bond acceptors (Lipinski definition) is 6. The van der Waals surface area contributed by atoms with Gasteiger partial charge in [0.1, 0.15) is 18.4 Å². The summed E-state index contributed by atoms with van der Waals surface area (Å²) in [6.45, 7) is -0.113. The third-order valence-electron chi connectivity index (χ3n) is 3.41. The van der Waals surface area contributed by atoms with Crippen molar-refractivity contribution in [1.29, 1.82) is 5.26 Å². The molecule has 0 fully saturated rings. The van der Waals surface area contributed by atoms with Crippen LogP contribution in [0.15, 0.2) is 48.7 Å². The maximum absolute atomic E-state index is 12.3. The Morgan fingerprint density at radius 2 is 2.00 bits per heavy atom. The molecule has 0 saturated carbocycles. The minimum Gasteiger partial charge on any atom is -0.384 e. The predicted molar refractivity (Wildman–Crippen MR) is 101 cm³/mol. The highest BCUT2D eigenvalue weighted by atomic mass is 32.2. The Morgan fingerprint density at radius 1 is 1.23 bits per heavy atom. The third kappa shape index (κ3) is 6.11. The number of pyridine rings is 1. The number of nitrogens with zero attached hydrogens (tertiary/aromatic N) is 2. The van der Waals surface area contributed by atoms with E-state index in [2.05, 4.69) is 15.6 Å². The topological polar surface area (TPSA) is 121 Å². The molecule has 26 heavy (non-hydrogen) atoms. The highest BCUT2D eigenvalue weighted by Crippen LogP contribution is 2.13. The van der Waals surface area contributed by atoms with Crippen molar-refractivity contribution in [2.45, 2.75) is 11.8 Å². The summed E-state index contributed by atoms with van der Waals surface area (Å²) in [4.78, 5) is 28.4. The van der Waals surface area contributed by atoms with Gasteiger partial charge in [0, 0.05) is 17.7 Å². The monoisotopic (exact) mass is 369 g/mol. The van der Waals surface area contributed by atoms with Crippen molar-refractivity contribution in [2.24, 2.45) is 0 Å². The van der Waals surface area contributed by atoms with Crippen LogP contribution in [0.25, 0.3) is 0 Å². The van der Waals surface area contributed by atoms with E-state index in [-0.39, 0.29) is 6.54 Å². The minimum atomic E-state index is -0.762. The van der Waals surface area contributed by atoms with Crippen molar-refractivity contribution >= 4 is 29.4 Å². The van der Waals surface area contributed by atoms with Gasteiger partial charge in [0.2, 0.25) is 5.91 Å². The van der Waals surface area contributed by atoms with Crippen molar-refractivity contribution in [1.82, 2.24) is 15.6 Å². The van der Waals surface area contributed by atoms with Crippen LogP contribution in [0.1, 0.15) is 15.9 Å². The molecule has 0 spiro atoms. The maximum Gasteiger partial charge on any atom is 0.253 e. The molecule has 1 unspecified atom stereocenters. The number of nitrogens with two attached hydrogens (primary N) is 1. The lowest BCUT2D eigenvalue weighted by atomic mass is 10.2. The van der Waals surface area contributed by atoms with Gasteiger partial charge in [-0.1, -0.05) is 30.3 Å². The SMILES string of the molecule is N#CCNC(=O)C(CSCc1ccccc1)NC(=O)c1ccc(N)nc1. The number of nitrogen functional groups attached to an aromatic ring is 1. The van der Waals surface area contributed by atoms with Gasteiger partial charge in [-0.3, -0.25) is 9.59 Å². The summed E-state index contributed by atoms with van der Waals surface area (Å²) in [6, 6.07) is 14.0. The van der Waals surface area contributed by atoms with Crippen LogP contribution in [0, 0.1) is 11.3 Å². The summed E-state index contributed by atoms with van der Waals surface area (Å²) in [5, 5.41) is 13.8. The molecular formula is C18H19N5O2S. The minimum absolute atomic E-state index is 0.113. The first-order valence-electron chi connectivity index (χ1n) is 7.89. The lowest BCUT2D eigenvalue weighted by Gasteiger charge is -2.17. The van der Waals surface area contributed by atoms with Crippen LogP contribution >= 0.6 is 11.8 Å². The van der Waals surface area contributed by atoms with E-state index in [1.807, 2.05) is 36.4 Å². The molecule has 2 aromatic rings. The zero-order chi connectivity index (χ0) is 18.8. The second-order valence-electron chi connectivity index (χ2n) is 5.37. The fourth-order valence-corrected chi connectivity index (χ4v) is 3.10. The van der Waals surface area contributed by atoms with Crippen LogP contribution in [0.2, 0.25) is 0 Å². The van der Waals surface area contributed by atoms with Gasteiger partial charge >= 0.3 is 0 Å². The molecule has 0 aliphatic rings. The van der Waals surface area contributed by atoms with Crippen LogP contribution < -0.4 is 16.4 Å². The Labute approximate surface area is 156 Å². The van der Waals surface area contributed by atoms with Crippen molar-refractivity contribution < 1.29 is 9.59 Å². The highest BCUT2D eigenvalue weighted by Gasteiger charge is 2.21. The molecule has 1 atom stereocenters. The summed E-state index contributed by atoms with van der Waals surface area (Å²) in [5.41, 5.74) is 6.95. The molecule has 0 radical (unpaired) electrons. The van der Waals surface area contributed by atoms with Gasteiger partial charge in [-0.05, 0) is 17.7 Å². The van der Waals surface area contributed by atoms with Crippen LogP contribution in [-0.2, 0) is 10.5 Å². The number of aromatic nitrogens is 1. The summed E-state index contributed by atoms with van der Waals surface area (Å²) >= 11 is 1.52. The van der Waals surface area contributed by atoms with Gasteiger partial charge in [-0.15, -0.1) is 0 Å². The number of carbonyl (C=O) groups excluding carboxylic acids is 2. The Hall–Kier alpha value is -3.05. The fourth-order valence-electron chi connectivity index (χ4n) is 2.08. The van der Waals surface area contributed by atoms with Crippen LogP contribution in [0.4, 0.5) is 5.82 Å². The van der Waals surface area contributed by atoms with E-state index in [4.69, 9.17) is 11.0 Å². The molecular weight excluding hydrogens is 350 g/mol. The molecule has 2 amide bonds. The van der Waals surface area contributed by atoms with Gasteiger partial charge in [-0.25, -0.2) is 4.98 Å². The second kappa shape index (κ2) is 10.1. The fraction of sp³-hybridized carbons (Fsp3) is 0.222. The van der Waals surface area contributed by atoms with E-state index in [0.29, 0.717) is 22.9 Å². The molecule has 1 heterocycles. The normalized spacial score (nSPS) is 11.2. The Bertz CT molecular complexity index is 774. The van der Waals surface area contributed by atoms with E-state index in [9.17, 15) is 9.59 Å². The molecule has 7 nitrogen and oxygen atoms in total. The number of amides is 2. The first-order chi connectivity index (χ1) is 12.6. The largest absolute Gasteiger partial charge is 0.384 e. The first kappa shape index (κ1) is 19.3. The highest BCUT2D eigenvalue weighted by molar-refractivity contribution is 7.98. The Morgan fingerprint density at radius 3 is 2.65 bits per heavy atom. The molecule has 1 aromatic carbocycles. The van der Waals surface area contributed by atoms with Gasteiger partial charge in [0.25, 0.3) is 5.91 Å². The van der Waals surface area contributed by atoms with Crippen molar-refractivity contribution in [3.8, 4) is 6.07 Å². The molecule has 4 N–H and O–H groups in total. The lowest BCUT2D eigenvalue weighted by Crippen LogP contribution is -2.48. The summed E-state index contributed by atoms with van der Waals surface area (Å²) in [7, 11) is 0. The number of nitriles is 1. The standard InChI is InChI=1S/C18H19N5O2S/c19-8-9-21-18(25)15(12-26-11-13-4-2-1-3-5-13)23-17(24)14-6-7-16(20)22-10-14/h1-7,10,15H,9,11-12H2,(H2,20,22)(H,21,25)(H,23,24). The average Bonchev–Trinajstić information content (AvgIpc) is 2.66. The van der Waals surface area contributed by atoms with E-state index in [1.54, 1.807) is 6.07 Å². The smallest absolute Gasteiger partial charge is 0.253 e. The van der Waals surface area contributed by atoms with E-state index in [0.717, 1.165) is 5.56 Å². The number of rotatable bonds is 8. The van der Waals surface area contributed by atoms with Crippen LogP contribution in [0.5, 0.6) is 0 Å². The predicted octanol–water partition coefficient (Wildman–Crippen LogP) is 1.34. The average molecular weight is 369 g/mol. The zero-order valence-electron chi connectivity index (χ0n) is 14.0. The molecule has 2 rings (SSSR count). The Kier molecular flexibility index (Phi) is 7.46. The molecule has 8 heteroatoms. The van der Waals surface area contributed by atoms with Crippen molar-refractivity contribution in [2.75, 3.05) is 18.0 Å². The van der Waals surface area contributed by atoms with Gasteiger partial charge in [0.15, 0.2) is 0 Å². The third-order valence-corrected chi connectivity index (χ3v) is 4.51. The first-order valence-corrected chi connectivity index (χ1v) is 9.04. The summed E-state index contributed by atoms with van der Waals surface area (Å²) in [5.74, 6) is 0.574. The molecule has 134 valence electrons. The van der Waals surface area contributed by atoms with Gasteiger partial charge in [0.05, 0.1) is 11.6 Å². The molecule has 0 aliphatic heterocycles.